The highest BCUT2D eigenvalue weighted by Crippen LogP contribution is 2.21. The Morgan fingerprint density at radius 3 is 2.43 bits per heavy atom. The fourth-order valence-electron chi connectivity index (χ4n) is 3.58. The van der Waals surface area contributed by atoms with Gasteiger partial charge in [-0.2, -0.15) is 0 Å². The van der Waals surface area contributed by atoms with E-state index in [0.29, 0.717) is 11.4 Å². The van der Waals surface area contributed by atoms with Crippen molar-refractivity contribution in [2.45, 2.75) is 6.92 Å². The molecule has 7 heteroatoms. The van der Waals surface area contributed by atoms with Crippen LogP contribution in [-0.4, -0.2) is 49.2 Å². The highest BCUT2D eigenvalue weighted by molar-refractivity contribution is 6.04. The molecule has 30 heavy (non-hydrogen) atoms. The van der Waals surface area contributed by atoms with Crippen molar-refractivity contribution in [1.29, 1.82) is 0 Å². The minimum absolute atomic E-state index is 0.181. The molecule has 1 aliphatic rings. The Kier molecular flexibility index (Phi) is 5.79. The van der Waals surface area contributed by atoms with E-state index in [9.17, 15) is 4.79 Å². The Labute approximate surface area is 176 Å². The fraction of sp³-hybridized carbons (Fsp3) is 0.261. The molecule has 1 aliphatic heterocycles. The van der Waals surface area contributed by atoms with Crippen LogP contribution >= 0.6 is 0 Å². The van der Waals surface area contributed by atoms with E-state index in [2.05, 4.69) is 25.1 Å². The van der Waals surface area contributed by atoms with Gasteiger partial charge in [0.05, 0.1) is 19.0 Å². The van der Waals surface area contributed by atoms with Crippen LogP contribution < -0.4 is 19.9 Å². The molecule has 3 aromatic rings. The van der Waals surface area contributed by atoms with Gasteiger partial charge in [-0.05, 0) is 55.0 Å². The number of methoxy groups -OCH3 is 1. The van der Waals surface area contributed by atoms with Crippen molar-refractivity contribution in [3.63, 3.8) is 0 Å². The molecule has 0 bridgehead atoms. The molecule has 0 saturated carbocycles. The molecule has 2 aromatic heterocycles. The minimum atomic E-state index is -0.181. The zero-order valence-electron chi connectivity index (χ0n) is 17.2. The molecule has 0 radical (unpaired) electrons. The van der Waals surface area contributed by atoms with Crippen LogP contribution in [-0.2, 0) is 0 Å². The molecule has 4 rings (SSSR count). The van der Waals surface area contributed by atoms with Gasteiger partial charge >= 0.3 is 0 Å². The zero-order chi connectivity index (χ0) is 20.9. The van der Waals surface area contributed by atoms with Gasteiger partial charge in [0, 0.05) is 37.9 Å². The number of aryl methyl sites for hydroxylation is 1. The van der Waals surface area contributed by atoms with E-state index >= 15 is 0 Å². The molecule has 1 fully saturated rings. The zero-order valence-corrected chi connectivity index (χ0v) is 17.2. The number of ether oxygens (including phenoxy) is 1. The first-order valence-electron chi connectivity index (χ1n) is 9.97. The third kappa shape index (κ3) is 4.35. The van der Waals surface area contributed by atoms with Crippen molar-refractivity contribution in [1.82, 2.24) is 9.97 Å². The number of anilines is 3. The van der Waals surface area contributed by atoms with Gasteiger partial charge in [-0.3, -0.25) is 4.79 Å². The first kappa shape index (κ1) is 19.7. The molecule has 154 valence electrons. The first-order chi connectivity index (χ1) is 14.6. The summed E-state index contributed by atoms with van der Waals surface area (Å²) in [6.45, 7) is 5.50. The standard InChI is InChI=1S/C23H25N5O2/c1-17-15-19(30-2)7-8-20(17)23(29)26-21-9-6-18(16-25-21)27-11-13-28(14-12-27)22-5-3-4-10-24-22/h3-10,15-16H,11-14H2,1-2H3,(H,25,26,29). The SMILES string of the molecule is COc1ccc(C(=O)Nc2ccc(N3CCN(c4ccccn4)CC3)cn2)c(C)c1. The van der Waals surface area contributed by atoms with E-state index in [4.69, 9.17) is 4.74 Å². The van der Waals surface area contributed by atoms with Gasteiger partial charge in [-0.15, -0.1) is 0 Å². The number of rotatable bonds is 5. The molecule has 1 saturated heterocycles. The lowest BCUT2D eigenvalue weighted by Gasteiger charge is -2.36. The Morgan fingerprint density at radius 2 is 1.80 bits per heavy atom. The lowest BCUT2D eigenvalue weighted by Crippen LogP contribution is -2.46. The number of piperazine rings is 1. The number of aromatic nitrogens is 2. The van der Waals surface area contributed by atoms with E-state index in [-0.39, 0.29) is 5.91 Å². The second-order valence-electron chi connectivity index (χ2n) is 7.20. The number of carbonyl (C=O) groups is 1. The predicted molar refractivity (Wildman–Crippen MR) is 119 cm³/mol. The normalized spacial score (nSPS) is 13.8. The predicted octanol–water partition coefficient (Wildman–Crippen LogP) is 3.37. The highest BCUT2D eigenvalue weighted by atomic mass is 16.5. The van der Waals surface area contributed by atoms with Crippen LogP contribution in [0.5, 0.6) is 5.75 Å². The van der Waals surface area contributed by atoms with Gasteiger partial charge in [0.15, 0.2) is 0 Å². The maximum Gasteiger partial charge on any atom is 0.257 e. The van der Waals surface area contributed by atoms with Crippen molar-refractivity contribution in [3.8, 4) is 5.75 Å². The monoisotopic (exact) mass is 403 g/mol. The summed E-state index contributed by atoms with van der Waals surface area (Å²) in [7, 11) is 1.61. The third-order valence-electron chi connectivity index (χ3n) is 5.29. The lowest BCUT2D eigenvalue weighted by molar-refractivity contribution is 0.102. The van der Waals surface area contributed by atoms with Gasteiger partial charge < -0.3 is 19.9 Å². The van der Waals surface area contributed by atoms with Crippen LogP contribution in [0.4, 0.5) is 17.3 Å². The molecule has 7 nitrogen and oxygen atoms in total. The number of amides is 1. The summed E-state index contributed by atoms with van der Waals surface area (Å²) in [6, 6.07) is 15.2. The molecule has 0 spiro atoms. The van der Waals surface area contributed by atoms with Gasteiger partial charge in [0.1, 0.15) is 17.4 Å². The van der Waals surface area contributed by atoms with Crippen molar-refractivity contribution in [3.05, 3.63) is 72.1 Å². The number of carbonyl (C=O) groups excluding carboxylic acids is 1. The number of hydrogen-bond donors (Lipinski definition) is 1. The summed E-state index contributed by atoms with van der Waals surface area (Å²) in [5, 5.41) is 2.87. The lowest BCUT2D eigenvalue weighted by atomic mass is 10.1. The maximum atomic E-state index is 12.6. The molecule has 0 atom stereocenters. The Morgan fingerprint density at radius 1 is 1.00 bits per heavy atom. The topological polar surface area (TPSA) is 70.6 Å². The van der Waals surface area contributed by atoms with Gasteiger partial charge in [-0.25, -0.2) is 9.97 Å². The first-order valence-corrected chi connectivity index (χ1v) is 9.97. The average Bonchev–Trinajstić information content (AvgIpc) is 2.80. The van der Waals surface area contributed by atoms with Crippen LogP contribution in [0.25, 0.3) is 0 Å². The molecule has 0 aliphatic carbocycles. The fourth-order valence-corrected chi connectivity index (χ4v) is 3.58. The molecule has 3 heterocycles. The average molecular weight is 403 g/mol. The Balaban J connectivity index is 1.36. The van der Waals surface area contributed by atoms with E-state index < -0.39 is 0 Å². The molecule has 1 amide bonds. The molecule has 1 aromatic carbocycles. The summed E-state index contributed by atoms with van der Waals surface area (Å²) >= 11 is 0. The number of nitrogens with one attached hydrogen (secondary N) is 1. The molecule has 0 unspecified atom stereocenters. The van der Waals surface area contributed by atoms with Crippen LogP contribution in [0, 0.1) is 6.92 Å². The molecule has 1 N–H and O–H groups in total. The smallest absolute Gasteiger partial charge is 0.257 e. The highest BCUT2D eigenvalue weighted by Gasteiger charge is 2.18. The van der Waals surface area contributed by atoms with Crippen molar-refractivity contribution in [2.75, 3.05) is 48.4 Å². The van der Waals surface area contributed by atoms with E-state index in [1.807, 2.05) is 55.7 Å². The van der Waals surface area contributed by atoms with Crippen molar-refractivity contribution in [2.24, 2.45) is 0 Å². The number of nitrogens with zero attached hydrogens (tertiary/aromatic N) is 4. The van der Waals surface area contributed by atoms with Crippen molar-refractivity contribution >= 4 is 23.2 Å². The number of pyridine rings is 2. The van der Waals surface area contributed by atoms with E-state index in [0.717, 1.165) is 49.0 Å². The quantitative estimate of drug-likeness (QED) is 0.704. The minimum Gasteiger partial charge on any atom is -0.497 e. The number of benzene rings is 1. The maximum absolute atomic E-state index is 12.6. The van der Waals surface area contributed by atoms with Gasteiger partial charge in [0.25, 0.3) is 5.91 Å². The van der Waals surface area contributed by atoms with Crippen molar-refractivity contribution < 1.29 is 9.53 Å². The summed E-state index contributed by atoms with van der Waals surface area (Å²) < 4.78 is 5.20. The summed E-state index contributed by atoms with van der Waals surface area (Å²) in [5.41, 5.74) is 2.51. The Hall–Kier alpha value is -3.61. The second kappa shape index (κ2) is 8.82. The molecular formula is C23H25N5O2. The summed E-state index contributed by atoms with van der Waals surface area (Å²) in [6.07, 6.45) is 3.64. The largest absolute Gasteiger partial charge is 0.497 e. The Bertz CT molecular complexity index is 1000. The second-order valence-corrected chi connectivity index (χ2v) is 7.20. The van der Waals surface area contributed by atoms with E-state index in [1.54, 1.807) is 19.2 Å². The van der Waals surface area contributed by atoms with Gasteiger partial charge in [-0.1, -0.05) is 6.07 Å². The number of hydrogen-bond acceptors (Lipinski definition) is 6. The van der Waals surface area contributed by atoms with Gasteiger partial charge in [0.2, 0.25) is 0 Å². The molecular weight excluding hydrogens is 378 g/mol. The third-order valence-corrected chi connectivity index (χ3v) is 5.29. The summed E-state index contributed by atoms with van der Waals surface area (Å²) in [4.78, 5) is 26.0. The van der Waals surface area contributed by atoms with Crippen LogP contribution in [0.15, 0.2) is 60.9 Å². The van der Waals surface area contributed by atoms with Crippen LogP contribution in [0.3, 0.4) is 0 Å². The summed E-state index contributed by atoms with van der Waals surface area (Å²) in [5.74, 6) is 2.10. The van der Waals surface area contributed by atoms with Crippen LogP contribution in [0.1, 0.15) is 15.9 Å². The van der Waals surface area contributed by atoms with E-state index in [1.165, 1.54) is 0 Å². The van der Waals surface area contributed by atoms with Crippen LogP contribution in [0.2, 0.25) is 0 Å².